The van der Waals surface area contributed by atoms with Crippen molar-refractivity contribution in [3.63, 3.8) is 0 Å². The summed E-state index contributed by atoms with van der Waals surface area (Å²) in [5.41, 5.74) is 0. The number of thioether (sulfide) groups is 1. The van der Waals surface area contributed by atoms with Crippen LogP contribution in [0.4, 0.5) is 17.6 Å². The maximum Gasteiger partial charge on any atom is 0.316 e. The Morgan fingerprint density at radius 3 is 1.91 bits per heavy atom. The highest BCUT2D eigenvalue weighted by molar-refractivity contribution is 8.00. The van der Waals surface area contributed by atoms with Crippen LogP contribution in [0.2, 0.25) is 0 Å². The van der Waals surface area contributed by atoms with Gasteiger partial charge in [0.2, 0.25) is 0 Å². The molecule has 124 valence electrons. The minimum atomic E-state index is -5.54. The highest BCUT2D eigenvalue weighted by atomic mass is 32.2. The normalized spacial score (nSPS) is 13.2. The Kier molecular flexibility index (Phi) is 5.82. The zero-order valence-electron chi connectivity index (χ0n) is 10.9. The molecule has 0 aliphatic heterocycles. The van der Waals surface area contributed by atoms with Crippen molar-refractivity contribution >= 4 is 27.8 Å². The van der Waals surface area contributed by atoms with E-state index < -0.39 is 54.4 Å². The zero-order chi connectivity index (χ0) is 17.2. The molecule has 1 rings (SSSR count). The summed E-state index contributed by atoms with van der Waals surface area (Å²) in [6, 6.07) is 0. The van der Waals surface area contributed by atoms with Crippen LogP contribution in [0.1, 0.15) is 19.8 Å². The molecule has 0 saturated heterocycles. The molecule has 2 N–H and O–H groups in total. The molecule has 0 spiro atoms. The monoisotopic (exact) mass is 362 g/mol. The van der Waals surface area contributed by atoms with E-state index in [0.29, 0.717) is 6.42 Å². The standard InChI is InChI=1S/C11H10F4O5S2/c1-2-3-4(11(16)17)21-9-5(12)7(14)10(22(18,19)20)8(15)6(9)13/h4H,2-3H2,1H3,(H,16,17)(H,18,19,20). The van der Waals surface area contributed by atoms with Gasteiger partial charge in [0.05, 0.1) is 4.90 Å². The van der Waals surface area contributed by atoms with E-state index in [4.69, 9.17) is 9.66 Å². The predicted molar refractivity (Wildman–Crippen MR) is 68.3 cm³/mol. The van der Waals surface area contributed by atoms with Crippen LogP contribution in [0.15, 0.2) is 9.79 Å². The zero-order valence-corrected chi connectivity index (χ0v) is 12.6. The van der Waals surface area contributed by atoms with Crippen molar-refractivity contribution in [3.05, 3.63) is 23.3 Å². The second-order valence-corrected chi connectivity index (χ2v) is 6.69. The van der Waals surface area contributed by atoms with Crippen LogP contribution < -0.4 is 0 Å². The van der Waals surface area contributed by atoms with Gasteiger partial charge in [-0.2, -0.15) is 8.42 Å². The molecule has 0 bridgehead atoms. The summed E-state index contributed by atoms with van der Waals surface area (Å²) in [5, 5.41) is 7.50. The summed E-state index contributed by atoms with van der Waals surface area (Å²) in [7, 11) is -5.54. The maximum atomic E-state index is 13.7. The molecule has 1 aromatic rings. The number of benzene rings is 1. The van der Waals surface area contributed by atoms with Crippen molar-refractivity contribution in [3.8, 4) is 0 Å². The molecule has 0 fully saturated rings. The van der Waals surface area contributed by atoms with Gasteiger partial charge in [-0.15, -0.1) is 11.8 Å². The van der Waals surface area contributed by atoms with Crippen LogP contribution in [0, 0.1) is 23.3 Å². The Morgan fingerprint density at radius 2 is 1.59 bits per heavy atom. The second-order valence-electron chi connectivity index (χ2n) is 4.12. The van der Waals surface area contributed by atoms with Crippen molar-refractivity contribution in [1.29, 1.82) is 0 Å². The molecule has 1 aromatic carbocycles. The molecular weight excluding hydrogens is 352 g/mol. The Labute approximate surface area is 127 Å². The Bertz CT molecular complexity index is 676. The molecular formula is C11H10F4O5S2. The van der Waals surface area contributed by atoms with Crippen LogP contribution in [-0.4, -0.2) is 29.3 Å². The molecule has 0 aromatic heterocycles. The van der Waals surface area contributed by atoms with Crippen LogP contribution in [0.3, 0.4) is 0 Å². The molecule has 0 aliphatic rings. The van der Waals surface area contributed by atoms with Gasteiger partial charge >= 0.3 is 16.1 Å². The number of halogens is 4. The Morgan fingerprint density at radius 1 is 1.14 bits per heavy atom. The van der Waals surface area contributed by atoms with E-state index >= 15 is 0 Å². The average molecular weight is 362 g/mol. The van der Waals surface area contributed by atoms with Crippen molar-refractivity contribution in [2.24, 2.45) is 0 Å². The van der Waals surface area contributed by atoms with Crippen molar-refractivity contribution < 1.29 is 40.4 Å². The number of carboxylic acid groups (broad SMARTS) is 1. The fourth-order valence-corrected chi connectivity index (χ4v) is 3.32. The summed E-state index contributed by atoms with van der Waals surface area (Å²) < 4.78 is 84.7. The first-order chi connectivity index (χ1) is 10.0. The van der Waals surface area contributed by atoms with Crippen LogP contribution >= 0.6 is 11.8 Å². The largest absolute Gasteiger partial charge is 0.480 e. The fourth-order valence-electron chi connectivity index (χ4n) is 1.56. The van der Waals surface area contributed by atoms with E-state index in [9.17, 15) is 30.8 Å². The minimum Gasteiger partial charge on any atom is -0.480 e. The van der Waals surface area contributed by atoms with Crippen LogP contribution in [-0.2, 0) is 14.9 Å². The average Bonchev–Trinajstić information content (AvgIpc) is 2.38. The molecule has 0 radical (unpaired) electrons. The number of hydrogen-bond acceptors (Lipinski definition) is 4. The van der Waals surface area contributed by atoms with Crippen molar-refractivity contribution in [1.82, 2.24) is 0 Å². The van der Waals surface area contributed by atoms with Gasteiger partial charge in [0.1, 0.15) is 5.25 Å². The van der Waals surface area contributed by atoms with Crippen LogP contribution in [0.25, 0.3) is 0 Å². The van der Waals surface area contributed by atoms with Crippen molar-refractivity contribution in [2.45, 2.75) is 34.8 Å². The number of hydrogen-bond donors (Lipinski definition) is 2. The van der Waals surface area contributed by atoms with Gasteiger partial charge in [-0.1, -0.05) is 13.3 Å². The molecule has 22 heavy (non-hydrogen) atoms. The molecule has 0 amide bonds. The maximum absolute atomic E-state index is 13.7. The van der Waals surface area contributed by atoms with Gasteiger partial charge in [-0.25, -0.2) is 17.6 Å². The lowest BCUT2D eigenvalue weighted by atomic mass is 10.2. The first-order valence-corrected chi connectivity index (χ1v) is 8.07. The second kappa shape index (κ2) is 6.84. The molecule has 1 atom stereocenters. The Balaban J connectivity index is 3.50. The summed E-state index contributed by atoms with van der Waals surface area (Å²) in [6.45, 7) is 1.59. The van der Waals surface area contributed by atoms with Crippen molar-refractivity contribution in [2.75, 3.05) is 0 Å². The minimum absolute atomic E-state index is 0.0163. The molecule has 0 saturated carbocycles. The highest BCUT2D eigenvalue weighted by Gasteiger charge is 2.34. The SMILES string of the molecule is CCCC(Sc1c(F)c(F)c(S(=O)(=O)O)c(F)c1F)C(=O)O. The third kappa shape index (κ3) is 3.70. The molecule has 5 nitrogen and oxygen atoms in total. The number of carbonyl (C=O) groups is 1. The van der Waals surface area contributed by atoms with E-state index in [1.807, 2.05) is 0 Å². The quantitative estimate of drug-likeness (QED) is 0.350. The van der Waals surface area contributed by atoms with E-state index in [-0.39, 0.29) is 18.2 Å². The predicted octanol–water partition coefficient (Wildman–Crippen LogP) is 2.84. The smallest absolute Gasteiger partial charge is 0.316 e. The van der Waals surface area contributed by atoms with E-state index in [1.165, 1.54) is 0 Å². The fraction of sp³-hybridized carbons (Fsp3) is 0.364. The lowest BCUT2D eigenvalue weighted by Gasteiger charge is -2.14. The number of rotatable bonds is 6. The number of aliphatic carboxylic acids is 1. The first-order valence-electron chi connectivity index (χ1n) is 5.75. The molecule has 0 aliphatic carbocycles. The van der Waals surface area contributed by atoms with Gasteiger partial charge in [-0.05, 0) is 6.42 Å². The van der Waals surface area contributed by atoms with Gasteiger partial charge in [0.15, 0.2) is 28.2 Å². The summed E-state index contributed by atoms with van der Waals surface area (Å²) in [4.78, 5) is 7.46. The van der Waals surface area contributed by atoms with Gasteiger partial charge in [-0.3, -0.25) is 9.35 Å². The van der Waals surface area contributed by atoms with Gasteiger partial charge < -0.3 is 5.11 Å². The third-order valence-corrected chi connectivity index (χ3v) is 4.72. The lowest BCUT2D eigenvalue weighted by molar-refractivity contribution is -0.136. The van der Waals surface area contributed by atoms with Crippen LogP contribution in [0.5, 0.6) is 0 Å². The van der Waals surface area contributed by atoms with E-state index in [1.54, 1.807) is 6.92 Å². The summed E-state index contributed by atoms with van der Waals surface area (Å²) in [5.74, 6) is -10.3. The van der Waals surface area contributed by atoms with E-state index in [0.717, 1.165) is 0 Å². The third-order valence-electron chi connectivity index (χ3n) is 2.53. The molecule has 0 heterocycles. The topological polar surface area (TPSA) is 91.7 Å². The number of carboxylic acids is 1. The first kappa shape index (κ1) is 18.7. The lowest BCUT2D eigenvalue weighted by Crippen LogP contribution is -2.18. The molecule has 11 heteroatoms. The summed E-state index contributed by atoms with van der Waals surface area (Å²) >= 11 is 0.0163. The summed E-state index contributed by atoms with van der Waals surface area (Å²) in [6.07, 6.45) is 0.281. The highest BCUT2D eigenvalue weighted by Crippen LogP contribution is 2.36. The molecule has 1 unspecified atom stereocenters. The van der Waals surface area contributed by atoms with Gasteiger partial charge in [0, 0.05) is 0 Å². The van der Waals surface area contributed by atoms with Gasteiger partial charge in [0.25, 0.3) is 0 Å². The Hall–Kier alpha value is -1.33. The van der Waals surface area contributed by atoms with E-state index in [2.05, 4.69) is 0 Å².